The fraction of sp³-hybridized carbons (Fsp3) is 0.100. The predicted octanol–water partition coefficient (Wildman–Crippen LogP) is 1.92. The Balaban J connectivity index is 2.16. The summed E-state index contributed by atoms with van der Waals surface area (Å²) in [6.45, 7) is 0. The molecule has 2 heteroatoms. The molecule has 59 valence electrons. The van der Waals surface area contributed by atoms with E-state index in [0.717, 1.165) is 11.7 Å². The van der Waals surface area contributed by atoms with Crippen molar-refractivity contribution in [1.82, 2.24) is 0 Å². The summed E-state index contributed by atoms with van der Waals surface area (Å²) in [4.78, 5) is 9.79. The lowest BCUT2D eigenvalue weighted by Crippen LogP contribution is -2.36. The average Bonchev–Trinajstić information content (AvgIpc) is 2.05. The summed E-state index contributed by atoms with van der Waals surface area (Å²) in [5.74, 6) is 0. The second kappa shape index (κ2) is 2.19. The molecule has 3 rings (SSSR count). The van der Waals surface area contributed by atoms with Gasteiger partial charge in [0.25, 0.3) is 0 Å². The molecule has 1 unspecified atom stereocenters. The number of benzene rings is 1. The zero-order chi connectivity index (χ0) is 7.97. The highest BCUT2D eigenvalue weighted by Gasteiger charge is 2.39. The van der Waals surface area contributed by atoms with E-state index in [1.54, 1.807) is 0 Å². The lowest BCUT2D eigenvalue weighted by Gasteiger charge is -2.34. The minimum absolute atomic E-state index is 0.0555. The second-order valence-electron chi connectivity index (χ2n) is 2.91. The highest BCUT2D eigenvalue weighted by molar-refractivity contribution is 5.62. The zero-order valence-corrected chi connectivity index (χ0v) is 6.36. The van der Waals surface area contributed by atoms with E-state index in [1.165, 1.54) is 5.56 Å². The fourth-order valence-electron chi connectivity index (χ4n) is 1.53. The van der Waals surface area contributed by atoms with Gasteiger partial charge in [-0.1, -0.05) is 30.3 Å². The third-order valence-electron chi connectivity index (χ3n) is 2.18. The van der Waals surface area contributed by atoms with Crippen LogP contribution in [-0.2, 0) is 9.78 Å². The van der Waals surface area contributed by atoms with Crippen molar-refractivity contribution in [2.24, 2.45) is 0 Å². The van der Waals surface area contributed by atoms with E-state index in [2.05, 4.69) is 12.1 Å². The molecule has 1 fully saturated rings. The zero-order valence-electron chi connectivity index (χ0n) is 6.36. The Kier molecular flexibility index (Phi) is 1.17. The van der Waals surface area contributed by atoms with Crippen LogP contribution >= 0.6 is 0 Å². The average molecular weight is 159 g/mol. The van der Waals surface area contributed by atoms with Crippen LogP contribution in [0.25, 0.3) is 6.08 Å². The summed E-state index contributed by atoms with van der Waals surface area (Å²) in [6, 6.07) is 8.13. The fourth-order valence-corrected chi connectivity index (χ4v) is 1.53. The molecule has 1 saturated heterocycles. The lowest BCUT2D eigenvalue weighted by molar-refractivity contribution is -0.393. The van der Waals surface area contributed by atoms with E-state index in [4.69, 9.17) is 9.78 Å². The van der Waals surface area contributed by atoms with E-state index < -0.39 is 0 Å². The van der Waals surface area contributed by atoms with Crippen molar-refractivity contribution in [2.45, 2.75) is 6.10 Å². The van der Waals surface area contributed by atoms with Crippen LogP contribution in [0, 0.1) is 6.10 Å². The molecule has 0 aromatic heterocycles. The SMILES string of the molecule is C1=CC2OO[C]2c2ccccc21. The van der Waals surface area contributed by atoms with Crippen LogP contribution in [-0.4, -0.2) is 6.10 Å². The molecular formula is C10H7O2. The molecule has 0 saturated carbocycles. The summed E-state index contributed by atoms with van der Waals surface area (Å²) in [5, 5.41) is 0. The van der Waals surface area contributed by atoms with Gasteiger partial charge in [-0.05, 0) is 11.6 Å². The molecule has 0 bridgehead atoms. The first kappa shape index (κ1) is 6.40. The first-order valence-electron chi connectivity index (χ1n) is 3.93. The number of fused-ring (bicyclic) bond motifs is 3. The molecular weight excluding hydrogens is 152 g/mol. The van der Waals surface area contributed by atoms with E-state index >= 15 is 0 Å². The molecule has 1 aliphatic carbocycles. The molecule has 0 N–H and O–H groups in total. The highest BCUT2D eigenvalue weighted by Crippen LogP contribution is 2.38. The topological polar surface area (TPSA) is 18.5 Å². The Hall–Kier alpha value is -1.12. The summed E-state index contributed by atoms with van der Waals surface area (Å²) < 4.78 is 0. The van der Waals surface area contributed by atoms with Gasteiger partial charge in [0.1, 0.15) is 0 Å². The van der Waals surface area contributed by atoms with Gasteiger partial charge in [-0.3, -0.25) is 0 Å². The molecule has 1 atom stereocenters. The minimum atomic E-state index is 0.0555. The molecule has 1 radical (unpaired) electrons. The Bertz CT molecular complexity index is 343. The Labute approximate surface area is 70.3 Å². The van der Waals surface area contributed by atoms with Gasteiger partial charge in [-0.15, -0.1) is 0 Å². The second-order valence-corrected chi connectivity index (χ2v) is 2.91. The molecule has 12 heavy (non-hydrogen) atoms. The van der Waals surface area contributed by atoms with Crippen molar-refractivity contribution >= 4 is 6.08 Å². The first-order valence-corrected chi connectivity index (χ1v) is 3.93. The quantitative estimate of drug-likeness (QED) is 0.538. The monoisotopic (exact) mass is 159 g/mol. The van der Waals surface area contributed by atoms with Crippen molar-refractivity contribution in [1.29, 1.82) is 0 Å². The van der Waals surface area contributed by atoms with Crippen LogP contribution in [0.3, 0.4) is 0 Å². The Morgan fingerprint density at radius 3 is 2.92 bits per heavy atom. The molecule has 1 heterocycles. The van der Waals surface area contributed by atoms with Crippen molar-refractivity contribution in [3.05, 3.63) is 47.6 Å². The molecule has 1 aromatic carbocycles. The van der Waals surface area contributed by atoms with E-state index in [9.17, 15) is 0 Å². The van der Waals surface area contributed by atoms with Gasteiger partial charge >= 0.3 is 0 Å². The third-order valence-corrected chi connectivity index (χ3v) is 2.18. The smallest absolute Gasteiger partial charge is 0.201 e. The van der Waals surface area contributed by atoms with Crippen LogP contribution < -0.4 is 0 Å². The van der Waals surface area contributed by atoms with Crippen molar-refractivity contribution < 1.29 is 9.78 Å². The summed E-state index contributed by atoms with van der Waals surface area (Å²) in [5.41, 5.74) is 2.35. The normalized spacial score (nSPS) is 25.8. The minimum Gasteiger partial charge on any atom is -0.224 e. The largest absolute Gasteiger partial charge is 0.224 e. The van der Waals surface area contributed by atoms with Gasteiger partial charge in [-0.25, -0.2) is 9.78 Å². The number of hydrogen-bond donors (Lipinski definition) is 0. The van der Waals surface area contributed by atoms with Crippen LogP contribution in [0.4, 0.5) is 0 Å². The maximum Gasteiger partial charge on any atom is 0.201 e. The first-order chi connectivity index (χ1) is 5.95. The molecule has 2 aliphatic rings. The van der Waals surface area contributed by atoms with Gasteiger partial charge in [0.05, 0.1) is 0 Å². The molecule has 2 nitrogen and oxygen atoms in total. The maximum absolute atomic E-state index is 4.93. The Morgan fingerprint density at radius 1 is 1.17 bits per heavy atom. The van der Waals surface area contributed by atoms with Gasteiger partial charge in [0.15, 0.2) is 6.10 Å². The van der Waals surface area contributed by atoms with Crippen molar-refractivity contribution in [3.8, 4) is 0 Å². The molecule has 1 aromatic rings. The van der Waals surface area contributed by atoms with Gasteiger partial charge < -0.3 is 0 Å². The van der Waals surface area contributed by atoms with E-state index in [1.807, 2.05) is 24.3 Å². The van der Waals surface area contributed by atoms with Gasteiger partial charge in [0, 0.05) is 5.56 Å². The van der Waals surface area contributed by atoms with Crippen LogP contribution in [0.15, 0.2) is 30.3 Å². The van der Waals surface area contributed by atoms with Gasteiger partial charge in [0.2, 0.25) is 6.10 Å². The molecule has 0 spiro atoms. The number of hydrogen-bond acceptors (Lipinski definition) is 2. The highest BCUT2D eigenvalue weighted by atomic mass is 17.2. The van der Waals surface area contributed by atoms with E-state index in [0.29, 0.717) is 0 Å². The van der Waals surface area contributed by atoms with Crippen LogP contribution in [0.1, 0.15) is 11.1 Å². The lowest BCUT2D eigenvalue weighted by atomic mass is 9.92. The van der Waals surface area contributed by atoms with Crippen LogP contribution in [0.2, 0.25) is 0 Å². The summed E-state index contributed by atoms with van der Waals surface area (Å²) in [7, 11) is 0. The summed E-state index contributed by atoms with van der Waals surface area (Å²) in [6.07, 6.45) is 5.06. The summed E-state index contributed by atoms with van der Waals surface area (Å²) >= 11 is 0. The molecule has 0 amide bonds. The van der Waals surface area contributed by atoms with Crippen molar-refractivity contribution in [2.75, 3.05) is 0 Å². The maximum atomic E-state index is 4.93. The predicted molar refractivity (Wildman–Crippen MR) is 43.8 cm³/mol. The van der Waals surface area contributed by atoms with Gasteiger partial charge in [-0.2, -0.15) is 0 Å². The van der Waals surface area contributed by atoms with Crippen molar-refractivity contribution in [3.63, 3.8) is 0 Å². The standard InChI is InChI=1S/C10H7O2/c1-2-4-8-7(3-1)5-6-9-10(8)12-11-9/h1-6,9H. The molecule has 1 aliphatic heterocycles. The Morgan fingerprint density at radius 2 is 2.08 bits per heavy atom. The van der Waals surface area contributed by atoms with Crippen LogP contribution in [0.5, 0.6) is 0 Å². The van der Waals surface area contributed by atoms with E-state index in [-0.39, 0.29) is 6.10 Å². The number of rotatable bonds is 0. The third kappa shape index (κ3) is 0.709.